The van der Waals surface area contributed by atoms with Crippen LogP contribution < -0.4 is 14.9 Å². The molecule has 0 spiro atoms. The minimum Gasteiger partial charge on any atom is -0.460 e. The summed E-state index contributed by atoms with van der Waals surface area (Å²) >= 11 is 0. The Morgan fingerprint density at radius 2 is 1.79 bits per heavy atom. The molecule has 0 saturated heterocycles. The van der Waals surface area contributed by atoms with Gasteiger partial charge in [-0.1, -0.05) is 29.8 Å². The largest absolute Gasteiger partial charge is 0.460 e. The van der Waals surface area contributed by atoms with Crippen LogP contribution in [0, 0.1) is 17.0 Å². The Morgan fingerprint density at radius 1 is 1.03 bits per heavy atom. The molecule has 164 valence electrons. The van der Waals surface area contributed by atoms with Crippen LogP contribution in [0.15, 0.2) is 88.3 Å². The number of carbonyl (C=O) groups excluding carboxylic acids is 1. The highest BCUT2D eigenvalue weighted by Crippen LogP contribution is 2.24. The van der Waals surface area contributed by atoms with Gasteiger partial charge in [-0.25, -0.2) is 4.79 Å². The highest BCUT2D eigenvalue weighted by Gasteiger charge is 2.11. The summed E-state index contributed by atoms with van der Waals surface area (Å²) in [5.74, 6) is 0.0263. The lowest BCUT2D eigenvalue weighted by atomic mass is 10.2. The molecule has 8 nitrogen and oxygen atoms in total. The molecule has 0 fully saturated rings. The zero-order valence-electron chi connectivity index (χ0n) is 17.4. The van der Waals surface area contributed by atoms with Gasteiger partial charge in [0.1, 0.15) is 23.3 Å². The van der Waals surface area contributed by atoms with Crippen molar-refractivity contribution in [1.29, 1.82) is 0 Å². The topological polar surface area (TPSA) is 109 Å². The van der Waals surface area contributed by atoms with E-state index in [0.717, 1.165) is 11.6 Å². The van der Waals surface area contributed by atoms with Gasteiger partial charge in [0.25, 0.3) is 5.69 Å². The summed E-state index contributed by atoms with van der Waals surface area (Å²) in [5, 5.41) is 11.1. The van der Waals surface area contributed by atoms with Gasteiger partial charge in [-0.05, 0) is 42.8 Å². The van der Waals surface area contributed by atoms with Gasteiger partial charge >= 0.3 is 5.97 Å². The number of ether oxygens (including phenoxy) is 2. The fourth-order valence-corrected chi connectivity index (χ4v) is 3.01. The van der Waals surface area contributed by atoms with Crippen LogP contribution in [0.5, 0.6) is 17.2 Å². The lowest BCUT2D eigenvalue weighted by Crippen LogP contribution is -2.06. The van der Waals surface area contributed by atoms with Crippen LogP contribution >= 0.6 is 0 Å². The molecule has 0 saturated carbocycles. The van der Waals surface area contributed by atoms with Crippen molar-refractivity contribution < 1.29 is 23.6 Å². The van der Waals surface area contributed by atoms with E-state index in [2.05, 4.69) is 0 Å². The van der Waals surface area contributed by atoms with Crippen LogP contribution in [0.25, 0.3) is 17.0 Å². The molecule has 4 rings (SSSR count). The van der Waals surface area contributed by atoms with Crippen LogP contribution in [0.2, 0.25) is 0 Å². The number of rotatable bonds is 6. The van der Waals surface area contributed by atoms with Gasteiger partial charge in [0.05, 0.1) is 10.3 Å². The van der Waals surface area contributed by atoms with Gasteiger partial charge in [0, 0.05) is 24.3 Å². The Morgan fingerprint density at radius 3 is 2.55 bits per heavy atom. The molecule has 0 unspecified atom stereocenters. The second-order valence-electron chi connectivity index (χ2n) is 7.11. The normalized spacial score (nSPS) is 10.9. The van der Waals surface area contributed by atoms with Gasteiger partial charge in [-0.15, -0.1) is 0 Å². The second-order valence-corrected chi connectivity index (χ2v) is 7.11. The maximum atomic E-state index is 12.7. The van der Waals surface area contributed by atoms with Crippen molar-refractivity contribution in [2.75, 3.05) is 0 Å². The Labute approximate surface area is 187 Å². The van der Waals surface area contributed by atoms with E-state index in [9.17, 15) is 19.7 Å². The van der Waals surface area contributed by atoms with Crippen LogP contribution in [-0.4, -0.2) is 10.9 Å². The first-order valence-corrected chi connectivity index (χ1v) is 9.83. The second kappa shape index (κ2) is 9.19. The van der Waals surface area contributed by atoms with E-state index in [1.807, 2.05) is 19.1 Å². The number of benzene rings is 3. The molecule has 1 heterocycles. The van der Waals surface area contributed by atoms with E-state index >= 15 is 0 Å². The van der Waals surface area contributed by atoms with Crippen LogP contribution in [0.4, 0.5) is 5.69 Å². The number of nitro benzene ring substituents is 1. The molecule has 33 heavy (non-hydrogen) atoms. The Balaban J connectivity index is 1.49. The molecule has 4 aromatic rings. The quantitative estimate of drug-likeness (QED) is 0.129. The molecule has 1 aromatic heterocycles. The lowest BCUT2D eigenvalue weighted by molar-refractivity contribution is -0.384. The molecule has 0 radical (unpaired) electrons. The third-order valence-electron chi connectivity index (χ3n) is 4.67. The van der Waals surface area contributed by atoms with E-state index in [1.165, 1.54) is 48.7 Å². The zero-order chi connectivity index (χ0) is 23.4. The van der Waals surface area contributed by atoms with E-state index in [-0.39, 0.29) is 33.6 Å². The summed E-state index contributed by atoms with van der Waals surface area (Å²) in [6.45, 7) is 1.95. The summed E-state index contributed by atoms with van der Waals surface area (Å²) in [6, 6.07) is 17.4. The highest BCUT2D eigenvalue weighted by atomic mass is 16.6. The molecule has 3 aromatic carbocycles. The van der Waals surface area contributed by atoms with Gasteiger partial charge in [-0.3, -0.25) is 14.9 Å². The maximum Gasteiger partial charge on any atom is 0.336 e. The first-order valence-electron chi connectivity index (χ1n) is 9.83. The number of nitro groups is 1. The average molecular weight is 443 g/mol. The third kappa shape index (κ3) is 5.13. The fourth-order valence-electron chi connectivity index (χ4n) is 3.01. The maximum absolute atomic E-state index is 12.7. The number of aryl methyl sites for hydroxylation is 1. The van der Waals surface area contributed by atoms with Gasteiger partial charge in [0.2, 0.25) is 11.2 Å². The molecule has 0 amide bonds. The molecule has 0 bridgehead atoms. The van der Waals surface area contributed by atoms with E-state index in [4.69, 9.17) is 13.9 Å². The number of non-ortho nitro benzene ring substituents is 1. The number of hydrogen-bond acceptors (Lipinski definition) is 7. The predicted molar refractivity (Wildman–Crippen MR) is 122 cm³/mol. The van der Waals surface area contributed by atoms with E-state index in [0.29, 0.717) is 11.3 Å². The summed E-state index contributed by atoms with van der Waals surface area (Å²) in [7, 11) is 0. The minimum absolute atomic E-state index is 0.0379. The monoisotopic (exact) mass is 443 g/mol. The summed E-state index contributed by atoms with van der Waals surface area (Å²) < 4.78 is 16.4. The van der Waals surface area contributed by atoms with Crippen LogP contribution in [0.1, 0.15) is 11.1 Å². The van der Waals surface area contributed by atoms with Crippen molar-refractivity contribution in [3.8, 4) is 17.2 Å². The molecular weight excluding hydrogens is 426 g/mol. The van der Waals surface area contributed by atoms with Crippen molar-refractivity contribution >= 4 is 28.7 Å². The minimum atomic E-state index is -0.692. The zero-order valence-corrected chi connectivity index (χ0v) is 17.4. The van der Waals surface area contributed by atoms with Crippen molar-refractivity contribution in [2.45, 2.75) is 6.92 Å². The lowest BCUT2D eigenvalue weighted by Gasteiger charge is -2.07. The summed E-state index contributed by atoms with van der Waals surface area (Å²) in [6.07, 6.45) is 3.77. The Hall–Kier alpha value is -4.72. The van der Waals surface area contributed by atoms with Crippen molar-refractivity contribution in [1.82, 2.24) is 0 Å². The number of esters is 1. The van der Waals surface area contributed by atoms with E-state index < -0.39 is 10.9 Å². The van der Waals surface area contributed by atoms with E-state index in [1.54, 1.807) is 18.2 Å². The molecule has 0 N–H and O–H groups in total. The standard InChI is InChI=1S/C25H17NO7/c1-16-5-8-19(9-6-16)32-23-15-31-22-14-20(10-11-21(22)25(23)28)33-24(27)12-7-17-3-2-4-18(13-17)26(29)30/h2-15H,1H3/b12-7+. The molecule has 0 atom stereocenters. The van der Waals surface area contributed by atoms with Crippen LogP contribution in [-0.2, 0) is 4.79 Å². The number of fused-ring (bicyclic) bond motifs is 1. The molecule has 0 aliphatic rings. The van der Waals surface area contributed by atoms with Gasteiger partial charge in [-0.2, -0.15) is 0 Å². The third-order valence-corrected chi connectivity index (χ3v) is 4.67. The van der Waals surface area contributed by atoms with Crippen molar-refractivity contribution in [3.05, 3.63) is 111 Å². The molecule has 0 aliphatic heterocycles. The number of carbonyl (C=O) groups is 1. The first-order chi connectivity index (χ1) is 15.9. The smallest absolute Gasteiger partial charge is 0.336 e. The molecule has 0 aliphatic carbocycles. The first kappa shape index (κ1) is 21.5. The summed E-state index contributed by atoms with van der Waals surface area (Å²) in [4.78, 5) is 35.2. The molecular formula is C25H17NO7. The predicted octanol–water partition coefficient (Wildman–Crippen LogP) is 5.42. The molecule has 8 heteroatoms. The van der Waals surface area contributed by atoms with Crippen molar-refractivity contribution in [2.24, 2.45) is 0 Å². The Kier molecular flexibility index (Phi) is 5.99. The number of hydrogen-bond donors (Lipinski definition) is 0. The average Bonchev–Trinajstić information content (AvgIpc) is 2.81. The van der Waals surface area contributed by atoms with Gasteiger partial charge < -0.3 is 13.9 Å². The number of nitrogens with zero attached hydrogens (tertiary/aromatic N) is 1. The SMILES string of the molecule is Cc1ccc(Oc2coc3cc(OC(=O)/C=C/c4cccc([N+](=O)[O-])c4)ccc3c2=O)cc1. The fraction of sp³-hybridized carbons (Fsp3) is 0.0400. The summed E-state index contributed by atoms with van der Waals surface area (Å²) in [5.41, 5.74) is 1.33. The highest BCUT2D eigenvalue weighted by molar-refractivity contribution is 5.89. The Bertz CT molecular complexity index is 1440. The van der Waals surface area contributed by atoms with Gasteiger partial charge in [0.15, 0.2) is 0 Å². The van der Waals surface area contributed by atoms with Crippen LogP contribution in [0.3, 0.4) is 0 Å². The van der Waals surface area contributed by atoms with Crippen molar-refractivity contribution in [3.63, 3.8) is 0 Å².